The monoisotopic (exact) mass is 447 g/mol. The molecule has 124 valence electrons. The van der Waals surface area contributed by atoms with Gasteiger partial charge < -0.3 is 10.6 Å². The van der Waals surface area contributed by atoms with E-state index in [1.807, 2.05) is 30.3 Å². The van der Waals surface area contributed by atoms with Crippen LogP contribution in [0.1, 0.15) is 11.1 Å². The summed E-state index contributed by atoms with van der Waals surface area (Å²) < 4.78 is 13.1. The molecule has 0 saturated heterocycles. The average molecular weight is 448 g/mol. The Morgan fingerprint density at radius 2 is 1.83 bits per heavy atom. The van der Waals surface area contributed by atoms with E-state index in [0.717, 1.165) is 23.6 Å². The van der Waals surface area contributed by atoms with Crippen LogP contribution in [-0.4, -0.2) is 19.6 Å². The van der Waals surface area contributed by atoms with Gasteiger partial charge in [-0.05, 0) is 41.8 Å². The van der Waals surface area contributed by atoms with Crippen LogP contribution in [0.3, 0.4) is 0 Å². The van der Waals surface area contributed by atoms with E-state index in [1.165, 1.54) is 17.7 Å². The molecule has 0 aliphatic carbocycles. The molecule has 0 spiro atoms. The highest BCUT2D eigenvalue weighted by molar-refractivity contribution is 14.0. The van der Waals surface area contributed by atoms with Gasteiger partial charge in [-0.1, -0.05) is 35.9 Å². The van der Waals surface area contributed by atoms with Gasteiger partial charge >= 0.3 is 0 Å². The van der Waals surface area contributed by atoms with Crippen molar-refractivity contribution in [2.24, 2.45) is 4.99 Å². The van der Waals surface area contributed by atoms with E-state index >= 15 is 0 Å². The largest absolute Gasteiger partial charge is 0.356 e. The first-order valence-electron chi connectivity index (χ1n) is 7.11. The highest BCUT2D eigenvalue weighted by Gasteiger charge is 2.00. The van der Waals surface area contributed by atoms with Crippen molar-refractivity contribution in [3.63, 3.8) is 0 Å². The molecule has 2 aromatic carbocycles. The standard InChI is InChI=1S/C17H19ClFN3.HI/c1-20-17(22-12-14-5-3-7-16(19)11-14)21-9-8-13-4-2-6-15(18)10-13;/h2-7,10-11H,8-9,12H2,1H3,(H2,20,21,22);1H. The van der Waals surface area contributed by atoms with Crippen molar-refractivity contribution in [2.45, 2.75) is 13.0 Å². The lowest BCUT2D eigenvalue weighted by molar-refractivity contribution is 0.624. The highest BCUT2D eigenvalue weighted by atomic mass is 127. The van der Waals surface area contributed by atoms with Crippen LogP contribution in [-0.2, 0) is 13.0 Å². The number of hydrogen-bond acceptors (Lipinski definition) is 1. The molecule has 2 N–H and O–H groups in total. The molecule has 0 bridgehead atoms. The first-order chi connectivity index (χ1) is 10.7. The number of hydrogen-bond donors (Lipinski definition) is 2. The van der Waals surface area contributed by atoms with Crippen molar-refractivity contribution in [1.82, 2.24) is 10.6 Å². The fourth-order valence-corrected chi connectivity index (χ4v) is 2.28. The van der Waals surface area contributed by atoms with E-state index in [1.54, 1.807) is 13.1 Å². The fraction of sp³-hybridized carbons (Fsp3) is 0.235. The molecule has 0 saturated carbocycles. The zero-order valence-corrected chi connectivity index (χ0v) is 15.9. The SMILES string of the molecule is CN=C(NCCc1cccc(Cl)c1)NCc1cccc(F)c1.I. The summed E-state index contributed by atoms with van der Waals surface area (Å²) in [6.45, 7) is 1.26. The molecule has 0 fully saturated rings. The molecule has 2 rings (SSSR count). The van der Waals surface area contributed by atoms with Gasteiger partial charge in [0, 0.05) is 25.2 Å². The van der Waals surface area contributed by atoms with Gasteiger partial charge in [0.15, 0.2) is 5.96 Å². The summed E-state index contributed by atoms with van der Waals surface area (Å²) in [7, 11) is 1.71. The van der Waals surface area contributed by atoms with Gasteiger partial charge in [0.2, 0.25) is 0 Å². The highest BCUT2D eigenvalue weighted by Crippen LogP contribution is 2.10. The van der Waals surface area contributed by atoms with Crippen molar-refractivity contribution >= 4 is 41.5 Å². The van der Waals surface area contributed by atoms with E-state index in [2.05, 4.69) is 15.6 Å². The van der Waals surface area contributed by atoms with Crippen molar-refractivity contribution < 1.29 is 4.39 Å². The van der Waals surface area contributed by atoms with E-state index in [-0.39, 0.29) is 29.8 Å². The van der Waals surface area contributed by atoms with E-state index in [4.69, 9.17) is 11.6 Å². The molecule has 0 amide bonds. The van der Waals surface area contributed by atoms with Gasteiger partial charge in [-0.3, -0.25) is 4.99 Å². The van der Waals surface area contributed by atoms with Gasteiger partial charge in [0.1, 0.15) is 5.82 Å². The maximum atomic E-state index is 13.1. The summed E-state index contributed by atoms with van der Waals surface area (Å²) in [6, 6.07) is 14.3. The van der Waals surface area contributed by atoms with Crippen molar-refractivity contribution in [1.29, 1.82) is 0 Å². The van der Waals surface area contributed by atoms with Crippen molar-refractivity contribution in [2.75, 3.05) is 13.6 Å². The minimum Gasteiger partial charge on any atom is -0.356 e. The second kappa shape index (κ2) is 10.4. The lowest BCUT2D eigenvalue weighted by Crippen LogP contribution is -2.37. The molecule has 2 aromatic rings. The fourth-order valence-electron chi connectivity index (χ4n) is 2.07. The van der Waals surface area contributed by atoms with Gasteiger partial charge in [-0.25, -0.2) is 4.39 Å². The lowest BCUT2D eigenvalue weighted by Gasteiger charge is -2.12. The topological polar surface area (TPSA) is 36.4 Å². The molecule has 3 nitrogen and oxygen atoms in total. The third-order valence-electron chi connectivity index (χ3n) is 3.17. The molecule has 0 atom stereocenters. The summed E-state index contributed by atoms with van der Waals surface area (Å²) in [5, 5.41) is 7.12. The normalized spacial score (nSPS) is 10.8. The van der Waals surface area contributed by atoms with Crippen LogP contribution in [0.5, 0.6) is 0 Å². The van der Waals surface area contributed by atoms with Crippen LogP contribution in [0.4, 0.5) is 4.39 Å². The molecule has 0 unspecified atom stereocenters. The number of benzene rings is 2. The Hall–Kier alpha value is -1.34. The van der Waals surface area contributed by atoms with E-state index in [9.17, 15) is 4.39 Å². The van der Waals surface area contributed by atoms with E-state index < -0.39 is 0 Å². The summed E-state index contributed by atoms with van der Waals surface area (Å²) in [5.74, 6) is 0.453. The number of nitrogens with one attached hydrogen (secondary N) is 2. The van der Waals surface area contributed by atoms with Gasteiger partial charge in [0.25, 0.3) is 0 Å². The zero-order valence-electron chi connectivity index (χ0n) is 12.9. The smallest absolute Gasteiger partial charge is 0.191 e. The number of rotatable bonds is 5. The summed E-state index contributed by atoms with van der Waals surface area (Å²) in [5.41, 5.74) is 2.04. The first kappa shape index (κ1) is 19.7. The minimum absolute atomic E-state index is 0. The second-order valence-corrected chi connectivity index (χ2v) is 5.30. The molecule has 0 aliphatic heterocycles. The molecular formula is C17H20ClFIN3. The van der Waals surface area contributed by atoms with Gasteiger partial charge in [-0.15, -0.1) is 24.0 Å². The van der Waals surface area contributed by atoms with Gasteiger partial charge in [0.05, 0.1) is 0 Å². The predicted molar refractivity (Wildman–Crippen MR) is 105 cm³/mol. The Morgan fingerprint density at radius 3 is 2.52 bits per heavy atom. The van der Waals surface area contributed by atoms with Crippen LogP contribution in [0, 0.1) is 5.82 Å². The van der Waals surface area contributed by atoms with Crippen molar-refractivity contribution in [3.8, 4) is 0 Å². The van der Waals surface area contributed by atoms with Crippen molar-refractivity contribution in [3.05, 3.63) is 70.5 Å². The quantitative estimate of drug-likeness (QED) is 0.413. The maximum Gasteiger partial charge on any atom is 0.191 e. The van der Waals surface area contributed by atoms with Gasteiger partial charge in [-0.2, -0.15) is 0 Å². The molecule has 6 heteroatoms. The van der Waals surface area contributed by atoms with E-state index in [0.29, 0.717) is 12.5 Å². The second-order valence-electron chi connectivity index (χ2n) is 4.86. The average Bonchev–Trinajstić information content (AvgIpc) is 2.51. The third kappa shape index (κ3) is 7.18. The Bertz CT molecular complexity index is 649. The maximum absolute atomic E-state index is 13.1. The number of guanidine groups is 1. The third-order valence-corrected chi connectivity index (χ3v) is 3.40. The van der Waals surface area contributed by atoms with Crippen LogP contribution in [0.25, 0.3) is 0 Å². The summed E-state index contributed by atoms with van der Waals surface area (Å²) in [6.07, 6.45) is 0.848. The molecule has 0 radical (unpaired) electrons. The Labute approximate surface area is 158 Å². The molecule has 0 aliphatic rings. The Morgan fingerprint density at radius 1 is 1.09 bits per heavy atom. The molecule has 23 heavy (non-hydrogen) atoms. The summed E-state index contributed by atoms with van der Waals surface area (Å²) in [4.78, 5) is 4.15. The molecule has 0 aromatic heterocycles. The predicted octanol–water partition coefficient (Wildman–Crippen LogP) is 4.00. The Kier molecular flexibility index (Phi) is 8.94. The van der Waals surface area contributed by atoms with Crippen LogP contribution in [0.15, 0.2) is 53.5 Å². The molecular weight excluding hydrogens is 428 g/mol. The van der Waals surface area contributed by atoms with Crippen LogP contribution < -0.4 is 10.6 Å². The first-order valence-corrected chi connectivity index (χ1v) is 7.48. The number of halogens is 3. The minimum atomic E-state index is -0.233. The molecule has 0 heterocycles. The van der Waals surface area contributed by atoms with Crippen LogP contribution >= 0.6 is 35.6 Å². The lowest BCUT2D eigenvalue weighted by atomic mass is 10.1. The number of nitrogens with zero attached hydrogens (tertiary/aromatic N) is 1. The Balaban J connectivity index is 0.00000264. The summed E-state index contributed by atoms with van der Waals surface area (Å²) >= 11 is 5.96. The number of aliphatic imine (C=N–C) groups is 1. The van der Waals surface area contributed by atoms with Crippen LogP contribution in [0.2, 0.25) is 5.02 Å². The zero-order chi connectivity index (χ0) is 15.8.